The van der Waals surface area contributed by atoms with Gasteiger partial charge in [-0.05, 0) is 72.8 Å². The number of carboxylic acids is 1. The van der Waals surface area contributed by atoms with Crippen LogP contribution in [0.4, 0.5) is 49.4 Å². The van der Waals surface area contributed by atoms with E-state index in [-0.39, 0.29) is 27.2 Å². The van der Waals surface area contributed by atoms with E-state index >= 15 is 0 Å². The molecule has 4 aromatic heterocycles. The van der Waals surface area contributed by atoms with Gasteiger partial charge in [0.1, 0.15) is 11.6 Å². The number of pyridine rings is 4. The van der Waals surface area contributed by atoms with Gasteiger partial charge in [-0.3, -0.25) is 19.1 Å². The Morgan fingerprint density at radius 2 is 1.08 bits per heavy atom. The minimum absolute atomic E-state index is 0.00757. The lowest BCUT2D eigenvalue weighted by molar-refractivity contribution is -0.138. The van der Waals surface area contributed by atoms with Crippen molar-refractivity contribution in [3.8, 4) is 0 Å². The first-order valence-corrected chi connectivity index (χ1v) is 21.8. The van der Waals surface area contributed by atoms with Crippen molar-refractivity contribution in [2.75, 3.05) is 33.8 Å². The zero-order chi connectivity index (χ0) is 48.5. The molecule has 2 aromatic carbocycles. The number of benzene rings is 2. The van der Waals surface area contributed by atoms with Gasteiger partial charge in [0.05, 0.1) is 52.4 Å². The van der Waals surface area contributed by atoms with E-state index in [0.29, 0.717) is 12.1 Å². The number of hydrogen-bond donors (Lipinski definition) is 4. The van der Waals surface area contributed by atoms with E-state index < -0.39 is 86.6 Å². The molecule has 4 heterocycles. The quantitative estimate of drug-likeness (QED) is 0.0944. The Morgan fingerprint density at radius 1 is 0.631 bits per heavy atom. The summed E-state index contributed by atoms with van der Waals surface area (Å²) in [6, 6.07) is 16.7. The smallest absolute Gasteiger partial charge is 0.417 e. The van der Waals surface area contributed by atoms with Gasteiger partial charge in [-0.1, -0.05) is 58.5 Å². The molecule has 0 unspecified atom stereocenters. The highest BCUT2D eigenvalue weighted by Gasteiger charge is 2.36. The first-order chi connectivity index (χ1) is 30.2. The van der Waals surface area contributed by atoms with E-state index in [2.05, 4.69) is 30.0 Å². The number of rotatable bonds is 10. The fourth-order valence-corrected chi connectivity index (χ4v) is 7.82. The summed E-state index contributed by atoms with van der Waals surface area (Å²) in [7, 11) is -5.88. The fraction of sp³-hybridized carbons (Fsp3) is 0.105. The van der Waals surface area contributed by atoms with Crippen LogP contribution >= 0.6 is 46.4 Å². The number of carbonyl (C=O) groups excluding carboxylic acids is 1. The maximum Gasteiger partial charge on any atom is 0.417 e. The summed E-state index contributed by atoms with van der Waals surface area (Å²) >= 11 is 22.5. The molecule has 0 bridgehead atoms. The first kappa shape index (κ1) is 51.7. The molecule has 0 saturated carbocycles. The van der Waals surface area contributed by atoms with Crippen molar-refractivity contribution >= 4 is 101 Å². The van der Waals surface area contributed by atoms with Crippen molar-refractivity contribution < 1.29 is 57.9 Å². The summed E-state index contributed by atoms with van der Waals surface area (Å²) in [5.74, 6) is -1.12. The maximum atomic E-state index is 13.1. The molecule has 0 saturated heterocycles. The Morgan fingerprint density at radius 3 is 1.46 bits per heavy atom. The highest BCUT2D eigenvalue weighted by Crippen LogP contribution is 2.38. The Kier molecular flexibility index (Phi) is 17.0. The van der Waals surface area contributed by atoms with Gasteiger partial charge in [0.25, 0.3) is 26.0 Å². The summed E-state index contributed by atoms with van der Waals surface area (Å²) in [6.45, 7) is 0. The van der Waals surface area contributed by atoms with Crippen LogP contribution in [-0.2, 0) is 32.4 Å². The summed E-state index contributed by atoms with van der Waals surface area (Å²) < 4.78 is 132. The lowest BCUT2D eigenvalue weighted by Gasteiger charge is -2.18. The van der Waals surface area contributed by atoms with E-state index in [9.17, 15) is 52.8 Å². The Balaban J connectivity index is 0.000000248. The number of amides is 1. The number of carboxylic acid groups (broad SMARTS) is 1. The van der Waals surface area contributed by atoms with E-state index in [0.717, 1.165) is 59.5 Å². The van der Waals surface area contributed by atoms with Crippen LogP contribution in [0.25, 0.3) is 0 Å². The molecule has 0 aliphatic carbocycles. The van der Waals surface area contributed by atoms with Crippen LogP contribution in [-0.4, -0.2) is 67.8 Å². The Bertz CT molecular complexity index is 2910. The van der Waals surface area contributed by atoms with E-state index in [1.807, 2.05) is 30.0 Å². The van der Waals surface area contributed by atoms with Gasteiger partial charge in [0.15, 0.2) is 11.4 Å². The number of nitrogens with one attached hydrogen (secondary N) is 3. The number of sulfonamides is 2. The Hall–Kier alpha value is -5.98. The third kappa shape index (κ3) is 14.0. The average molecular weight is 1030 g/mol. The van der Waals surface area contributed by atoms with Crippen LogP contribution in [0.2, 0.25) is 20.1 Å². The molecule has 6 rings (SSSR count). The molecule has 1 amide bonds. The van der Waals surface area contributed by atoms with Crippen LogP contribution in [0, 0.1) is 0 Å². The van der Waals surface area contributed by atoms with E-state index in [4.69, 9.17) is 51.5 Å². The van der Waals surface area contributed by atoms with Gasteiger partial charge in [-0.2, -0.15) is 26.3 Å². The number of anilines is 4. The van der Waals surface area contributed by atoms with Gasteiger partial charge >= 0.3 is 18.3 Å². The molecular formula is C38H28Cl4F6N8O7S2. The average Bonchev–Trinajstić information content (AvgIpc) is 3.23. The molecule has 65 heavy (non-hydrogen) atoms. The second-order valence-corrected chi connectivity index (χ2v) is 17.5. The number of nitrogens with zero attached hydrogens (tertiary/aromatic N) is 5. The molecule has 0 atom stereocenters. The predicted molar refractivity (Wildman–Crippen MR) is 231 cm³/mol. The molecule has 0 radical (unpaired) electrons. The topological polar surface area (TPSA) is 214 Å². The number of alkyl halides is 6. The van der Waals surface area contributed by atoms with Crippen LogP contribution in [0.3, 0.4) is 0 Å². The highest BCUT2D eigenvalue weighted by atomic mass is 35.5. The first-order valence-electron chi connectivity index (χ1n) is 17.4. The van der Waals surface area contributed by atoms with E-state index in [1.165, 1.54) is 13.2 Å². The van der Waals surface area contributed by atoms with Crippen LogP contribution in [0.1, 0.15) is 32.1 Å². The van der Waals surface area contributed by atoms with Gasteiger partial charge in [0.2, 0.25) is 0 Å². The minimum atomic E-state index is -4.87. The lowest BCUT2D eigenvalue weighted by Crippen LogP contribution is -2.29. The predicted octanol–water partition coefficient (Wildman–Crippen LogP) is 9.91. The van der Waals surface area contributed by atoms with Crippen molar-refractivity contribution in [3.63, 3.8) is 0 Å². The molecule has 0 aliphatic rings. The SMILES string of the molecule is CN(C(=O)c1ncc(Cl)cc1NS(=O)(=O)c1ccc(Cl)c(C(F)(F)F)c1)c1ccccn1.CNc1ccccn1.O=C(O)c1ncc(Cl)cc1NS(=O)(=O)c1ccc(Cl)c(C(F)(F)F)c1. The normalized spacial score (nSPS) is 11.5. The van der Waals surface area contributed by atoms with Gasteiger partial charge in [-0.25, -0.2) is 41.6 Å². The molecule has 6 aromatic rings. The molecule has 0 spiro atoms. The number of hydrogen-bond acceptors (Lipinski definition) is 11. The fourth-order valence-electron chi connectivity index (χ4n) is 4.89. The summed E-state index contributed by atoms with van der Waals surface area (Å²) in [4.78, 5) is 39.0. The minimum Gasteiger partial charge on any atom is -0.476 e. The van der Waals surface area contributed by atoms with Crippen molar-refractivity contribution in [1.29, 1.82) is 0 Å². The largest absolute Gasteiger partial charge is 0.476 e. The van der Waals surface area contributed by atoms with Gasteiger partial charge in [-0.15, -0.1) is 0 Å². The molecule has 344 valence electrons. The Labute approximate surface area is 385 Å². The zero-order valence-electron chi connectivity index (χ0n) is 32.6. The van der Waals surface area contributed by atoms with Crippen molar-refractivity contribution in [2.45, 2.75) is 22.1 Å². The third-order valence-electron chi connectivity index (χ3n) is 7.93. The van der Waals surface area contributed by atoms with Crippen LogP contribution in [0.15, 0.2) is 120 Å². The van der Waals surface area contributed by atoms with Crippen molar-refractivity contribution in [3.05, 3.63) is 152 Å². The van der Waals surface area contributed by atoms with Crippen LogP contribution in [0.5, 0.6) is 0 Å². The number of carbonyl (C=O) groups is 2. The molecule has 0 aliphatic heterocycles. The van der Waals surface area contributed by atoms with Gasteiger partial charge < -0.3 is 10.4 Å². The monoisotopic (exact) mass is 1030 g/mol. The summed E-state index contributed by atoms with van der Waals surface area (Å²) in [5.41, 5.74) is -4.50. The maximum absolute atomic E-state index is 13.1. The molecule has 15 nitrogen and oxygen atoms in total. The van der Waals surface area contributed by atoms with Crippen LogP contribution < -0.4 is 19.7 Å². The standard InChI is InChI=1S/C19H13Cl2F3N4O3S.C13H7Cl2F3N2O4S.C6H8N2/c1-28(16-4-2-3-7-25-16)18(29)17-15(8-11(20)10-26-17)27-32(30,31)12-5-6-14(21)13(9-12)19(22,23)24;14-6-3-10(11(12(21)22)19-5-6)20-25(23,24)7-1-2-9(15)8(4-7)13(16,17)18;1-7-6-4-2-3-5-8-6/h2-10,27H,1H3;1-5,20H,(H,21,22);2-5H,1H3,(H,7,8). The van der Waals surface area contributed by atoms with Crippen molar-refractivity contribution in [1.82, 2.24) is 19.9 Å². The zero-order valence-corrected chi connectivity index (χ0v) is 37.3. The van der Waals surface area contributed by atoms with Crippen molar-refractivity contribution in [2.24, 2.45) is 0 Å². The molecule has 27 heteroatoms. The number of aromatic nitrogens is 4. The summed E-state index contributed by atoms with van der Waals surface area (Å²) in [6.07, 6.45) is -4.42. The van der Waals surface area contributed by atoms with Gasteiger partial charge in [0, 0.05) is 38.9 Å². The molecule has 0 fully saturated rings. The second-order valence-electron chi connectivity index (χ2n) is 12.4. The lowest BCUT2D eigenvalue weighted by atomic mass is 10.2. The molecule has 4 N–H and O–H groups in total. The third-order valence-corrected chi connectivity index (χ3v) is 11.7. The highest BCUT2D eigenvalue weighted by molar-refractivity contribution is 7.93. The number of aromatic carboxylic acids is 1. The molecular weight excluding hydrogens is 1000 g/mol. The van der Waals surface area contributed by atoms with E-state index in [1.54, 1.807) is 24.4 Å². The summed E-state index contributed by atoms with van der Waals surface area (Å²) in [5, 5.41) is 10.5. The number of halogens is 10. The second kappa shape index (κ2) is 21.3.